The average molecular weight is 296 g/mol. The van der Waals surface area contributed by atoms with E-state index in [2.05, 4.69) is 15.3 Å². The van der Waals surface area contributed by atoms with Gasteiger partial charge in [-0.05, 0) is 30.9 Å². The maximum absolute atomic E-state index is 11.9. The molecule has 0 amide bonds. The van der Waals surface area contributed by atoms with Crippen LogP contribution in [0, 0.1) is 0 Å². The maximum atomic E-state index is 11.9. The topological polar surface area (TPSA) is 72.8 Å². The smallest absolute Gasteiger partial charge is 0.272 e. The van der Waals surface area contributed by atoms with Crippen molar-refractivity contribution >= 4 is 10.8 Å². The van der Waals surface area contributed by atoms with E-state index in [-0.39, 0.29) is 11.8 Å². The Morgan fingerprint density at radius 2 is 2.18 bits per heavy atom. The van der Waals surface area contributed by atoms with Crippen LogP contribution in [0.4, 0.5) is 0 Å². The van der Waals surface area contributed by atoms with Crippen LogP contribution >= 0.6 is 0 Å². The summed E-state index contributed by atoms with van der Waals surface area (Å²) < 4.78 is 7.62. The molecule has 112 valence electrons. The highest BCUT2D eigenvalue weighted by Gasteiger charge is 2.17. The first-order valence-electron chi connectivity index (χ1n) is 7.45. The summed E-state index contributed by atoms with van der Waals surface area (Å²) in [6.07, 6.45) is 8.74. The zero-order valence-corrected chi connectivity index (χ0v) is 12.0. The van der Waals surface area contributed by atoms with Crippen LogP contribution in [0.2, 0.25) is 0 Å². The molecule has 1 aliphatic heterocycles. The summed E-state index contributed by atoms with van der Waals surface area (Å²) in [5.74, 6) is 0. The molecular weight excluding hydrogens is 280 g/mol. The number of hydrogen-bond acceptors (Lipinski definition) is 4. The van der Waals surface area contributed by atoms with E-state index >= 15 is 0 Å². The van der Waals surface area contributed by atoms with Gasteiger partial charge in [-0.3, -0.25) is 4.79 Å². The summed E-state index contributed by atoms with van der Waals surface area (Å²) >= 11 is 0. The Morgan fingerprint density at radius 3 is 3.05 bits per heavy atom. The van der Waals surface area contributed by atoms with Crippen molar-refractivity contribution in [1.82, 2.24) is 20.0 Å². The lowest BCUT2D eigenvalue weighted by Gasteiger charge is -2.22. The first-order chi connectivity index (χ1) is 10.8. The fourth-order valence-electron chi connectivity index (χ4n) is 2.94. The molecule has 22 heavy (non-hydrogen) atoms. The zero-order valence-electron chi connectivity index (χ0n) is 12.0. The molecule has 1 unspecified atom stereocenters. The summed E-state index contributed by atoms with van der Waals surface area (Å²) in [5.41, 5.74) is 1.74. The minimum atomic E-state index is -0.178. The van der Waals surface area contributed by atoms with Crippen LogP contribution < -0.4 is 5.56 Å². The number of H-pyrrole nitrogens is 1. The summed E-state index contributed by atoms with van der Waals surface area (Å²) in [6, 6.07) is 5.65. The van der Waals surface area contributed by atoms with Gasteiger partial charge in [0.05, 0.1) is 17.8 Å². The largest absolute Gasteiger partial charge is 0.357 e. The second-order valence-corrected chi connectivity index (χ2v) is 5.50. The van der Waals surface area contributed by atoms with Crippen LogP contribution in [0.5, 0.6) is 0 Å². The highest BCUT2D eigenvalue weighted by molar-refractivity contribution is 5.95. The van der Waals surface area contributed by atoms with Gasteiger partial charge < -0.3 is 4.74 Å². The van der Waals surface area contributed by atoms with Gasteiger partial charge in [-0.1, -0.05) is 12.1 Å². The lowest BCUT2D eigenvalue weighted by atomic mass is 10.0. The number of rotatable bonds is 2. The van der Waals surface area contributed by atoms with E-state index in [9.17, 15) is 4.79 Å². The number of aromatic amines is 1. The number of hydrogen-bond donors (Lipinski definition) is 1. The predicted molar refractivity (Wildman–Crippen MR) is 82.4 cm³/mol. The van der Waals surface area contributed by atoms with Crippen LogP contribution in [0.25, 0.3) is 21.9 Å². The molecule has 2 aromatic heterocycles. The number of ether oxygens (including phenoxy) is 1. The molecule has 4 rings (SSSR count). The number of nitrogens with one attached hydrogen (secondary N) is 1. The predicted octanol–water partition coefficient (Wildman–Crippen LogP) is 2.49. The van der Waals surface area contributed by atoms with E-state index in [0.29, 0.717) is 5.39 Å². The van der Waals surface area contributed by atoms with Crippen molar-refractivity contribution in [3.8, 4) is 11.1 Å². The van der Waals surface area contributed by atoms with E-state index in [4.69, 9.17) is 4.74 Å². The van der Waals surface area contributed by atoms with E-state index < -0.39 is 0 Å². The Kier molecular flexibility index (Phi) is 3.23. The standard InChI is InChI=1S/C16H16N4O2/c21-16-13-5-3-4-12(14(13)9-17-19-16)11-8-18-20(10-11)15-6-1-2-7-22-15/h3-5,8-10,15H,1-2,6-7H2,(H,19,21). The van der Waals surface area contributed by atoms with Gasteiger partial charge in [0.25, 0.3) is 5.56 Å². The van der Waals surface area contributed by atoms with Crippen LogP contribution in [0.1, 0.15) is 25.5 Å². The molecule has 1 fully saturated rings. The molecule has 1 atom stereocenters. The molecule has 0 saturated carbocycles. The monoisotopic (exact) mass is 296 g/mol. The Hall–Kier alpha value is -2.47. The van der Waals surface area contributed by atoms with E-state index in [1.165, 1.54) is 0 Å². The number of benzene rings is 1. The third-order valence-electron chi connectivity index (χ3n) is 4.07. The highest BCUT2D eigenvalue weighted by atomic mass is 16.5. The Balaban J connectivity index is 1.78. The molecule has 1 saturated heterocycles. The fraction of sp³-hybridized carbons (Fsp3) is 0.312. The van der Waals surface area contributed by atoms with Gasteiger partial charge in [-0.15, -0.1) is 0 Å². The van der Waals surface area contributed by atoms with Crippen molar-refractivity contribution in [3.63, 3.8) is 0 Å². The fourth-order valence-corrected chi connectivity index (χ4v) is 2.94. The van der Waals surface area contributed by atoms with E-state index in [1.807, 2.05) is 29.2 Å². The quantitative estimate of drug-likeness (QED) is 0.788. The summed E-state index contributed by atoms with van der Waals surface area (Å²) in [5, 5.41) is 12.3. The van der Waals surface area contributed by atoms with Crippen molar-refractivity contribution in [2.45, 2.75) is 25.5 Å². The molecule has 6 heteroatoms. The SMILES string of the molecule is O=c1[nH]ncc2c(-c3cnn(C4CCCCO4)c3)cccc12. The van der Waals surface area contributed by atoms with E-state index in [0.717, 1.165) is 42.4 Å². The molecule has 0 aliphatic carbocycles. The molecule has 0 radical (unpaired) electrons. The van der Waals surface area contributed by atoms with Gasteiger partial charge in [-0.25, -0.2) is 9.78 Å². The molecule has 1 aromatic carbocycles. The van der Waals surface area contributed by atoms with Gasteiger partial charge in [-0.2, -0.15) is 10.2 Å². The van der Waals surface area contributed by atoms with Gasteiger partial charge >= 0.3 is 0 Å². The Bertz CT molecular complexity index is 862. The minimum absolute atomic E-state index is 0.0130. The first-order valence-corrected chi connectivity index (χ1v) is 7.45. The average Bonchev–Trinajstić information content (AvgIpc) is 3.05. The third-order valence-corrected chi connectivity index (χ3v) is 4.07. The number of aromatic nitrogens is 4. The van der Waals surface area contributed by atoms with Crippen molar-refractivity contribution in [2.24, 2.45) is 0 Å². The summed E-state index contributed by atoms with van der Waals surface area (Å²) in [4.78, 5) is 11.9. The van der Waals surface area contributed by atoms with Crippen LogP contribution in [0.15, 0.2) is 41.6 Å². The van der Waals surface area contributed by atoms with Crippen LogP contribution in [-0.4, -0.2) is 26.6 Å². The van der Waals surface area contributed by atoms with Gasteiger partial charge in [0.2, 0.25) is 0 Å². The molecule has 3 heterocycles. The Morgan fingerprint density at radius 1 is 1.23 bits per heavy atom. The first kappa shape index (κ1) is 13.2. The molecule has 1 N–H and O–H groups in total. The molecule has 0 spiro atoms. The lowest BCUT2D eigenvalue weighted by Crippen LogP contribution is -2.18. The molecule has 3 aromatic rings. The van der Waals surface area contributed by atoms with Gasteiger partial charge in [0.15, 0.2) is 0 Å². The Labute approximate surface area is 126 Å². The van der Waals surface area contributed by atoms with Crippen LogP contribution in [0.3, 0.4) is 0 Å². The van der Waals surface area contributed by atoms with Crippen molar-refractivity contribution < 1.29 is 4.74 Å². The van der Waals surface area contributed by atoms with Gasteiger partial charge in [0, 0.05) is 23.8 Å². The molecule has 6 nitrogen and oxygen atoms in total. The van der Waals surface area contributed by atoms with Crippen molar-refractivity contribution in [3.05, 3.63) is 47.1 Å². The molecule has 0 bridgehead atoms. The normalized spacial score (nSPS) is 18.6. The summed E-state index contributed by atoms with van der Waals surface area (Å²) in [6.45, 7) is 0.785. The highest BCUT2D eigenvalue weighted by Crippen LogP contribution is 2.28. The van der Waals surface area contributed by atoms with Crippen LogP contribution in [-0.2, 0) is 4.74 Å². The van der Waals surface area contributed by atoms with E-state index in [1.54, 1.807) is 12.3 Å². The number of nitrogens with zero attached hydrogens (tertiary/aromatic N) is 3. The maximum Gasteiger partial charge on any atom is 0.272 e. The second kappa shape index (κ2) is 5.38. The van der Waals surface area contributed by atoms with Crippen molar-refractivity contribution in [1.29, 1.82) is 0 Å². The molecule has 1 aliphatic rings. The minimum Gasteiger partial charge on any atom is -0.357 e. The van der Waals surface area contributed by atoms with Crippen molar-refractivity contribution in [2.75, 3.05) is 6.61 Å². The lowest BCUT2D eigenvalue weighted by molar-refractivity contribution is -0.0394. The second-order valence-electron chi connectivity index (χ2n) is 5.50. The van der Waals surface area contributed by atoms with Gasteiger partial charge in [0.1, 0.15) is 6.23 Å². The number of fused-ring (bicyclic) bond motifs is 1. The molecular formula is C16H16N4O2. The summed E-state index contributed by atoms with van der Waals surface area (Å²) in [7, 11) is 0. The third kappa shape index (κ3) is 2.21. The zero-order chi connectivity index (χ0) is 14.9.